The second-order valence-electron chi connectivity index (χ2n) is 8.07. The fourth-order valence-electron chi connectivity index (χ4n) is 5.27. The van der Waals surface area contributed by atoms with Crippen molar-refractivity contribution in [1.29, 1.82) is 0 Å². The average Bonchev–Trinajstić information content (AvgIpc) is 3.36. The number of aromatic nitrogens is 4. The third-order valence-electron chi connectivity index (χ3n) is 6.59. The molecule has 144 valence electrons. The lowest BCUT2D eigenvalue weighted by Gasteiger charge is -2.33. The van der Waals surface area contributed by atoms with Crippen molar-refractivity contribution in [1.82, 2.24) is 19.7 Å². The van der Waals surface area contributed by atoms with Gasteiger partial charge in [0, 0.05) is 11.8 Å². The van der Waals surface area contributed by atoms with E-state index in [0.29, 0.717) is 10.4 Å². The zero-order valence-electron chi connectivity index (χ0n) is 15.8. The van der Waals surface area contributed by atoms with Gasteiger partial charge in [0.2, 0.25) is 0 Å². The molecule has 0 radical (unpaired) electrons. The van der Waals surface area contributed by atoms with Gasteiger partial charge in [0.25, 0.3) is 5.56 Å². The van der Waals surface area contributed by atoms with Crippen LogP contribution in [0.2, 0.25) is 5.02 Å². The Morgan fingerprint density at radius 3 is 2.72 bits per heavy atom. The van der Waals surface area contributed by atoms with Crippen LogP contribution in [-0.4, -0.2) is 19.7 Å². The van der Waals surface area contributed by atoms with Crippen LogP contribution in [0.25, 0.3) is 27.7 Å². The third-order valence-corrected chi connectivity index (χ3v) is 6.90. The van der Waals surface area contributed by atoms with Crippen LogP contribution in [0.1, 0.15) is 43.5 Å². The molecule has 1 N–H and O–H groups in total. The highest BCUT2D eigenvalue weighted by molar-refractivity contribution is 6.35. The van der Waals surface area contributed by atoms with Crippen LogP contribution in [0.15, 0.2) is 53.6 Å². The lowest BCUT2D eigenvalue weighted by molar-refractivity contribution is 0.339. The smallest absolute Gasteiger partial charge is 0.282 e. The summed E-state index contributed by atoms with van der Waals surface area (Å²) in [6, 6.07) is 12.2. The van der Waals surface area contributed by atoms with Crippen molar-refractivity contribution in [3.05, 3.63) is 75.6 Å². The molecule has 2 aromatic heterocycles. The molecule has 0 saturated heterocycles. The van der Waals surface area contributed by atoms with Crippen molar-refractivity contribution in [2.45, 2.75) is 37.5 Å². The van der Waals surface area contributed by atoms with Gasteiger partial charge < -0.3 is 0 Å². The van der Waals surface area contributed by atoms with E-state index in [2.05, 4.69) is 37.9 Å². The summed E-state index contributed by atoms with van der Waals surface area (Å²) in [7, 11) is 0. The molecule has 3 heterocycles. The van der Waals surface area contributed by atoms with Crippen molar-refractivity contribution in [3.8, 4) is 16.8 Å². The number of hydrogen-bond acceptors (Lipinski definition) is 3. The second kappa shape index (κ2) is 6.04. The number of H-pyrrole nitrogens is 1. The van der Waals surface area contributed by atoms with Crippen LogP contribution in [0.5, 0.6) is 0 Å². The Morgan fingerprint density at radius 2 is 1.93 bits per heavy atom. The van der Waals surface area contributed by atoms with E-state index in [9.17, 15) is 4.79 Å². The van der Waals surface area contributed by atoms with Gasteiger partial charge in [-0.15, -0.1) is 0 Å². The first-order valence-corrected chi connectivity index (χ1v) is 10.4. The monoisotopic (exact) mass is 402 g/mol. The molecule has 2 aromatic carbocycles. The minimum Gasteiger partial charge on any atom is -0.296 e. The summed E-state index contributed by atoms with van der Waals surface area (Å²) in [6.07, 6.45) is 9.28. The molecular formula is C23H19ClN4O. The number of nitrogens with zero attached hydrogens (tertiary/aromatic N) is 3. The quantitative estimate of drug-likeness (QED) is 0.487. The Labute approximate surface area is 172 Å². The van der Waals surface area contributed by atoms with Gasteiger partial charge in [0.15, 0.2) is 0 Å². The van der Waals surface area contributed by atoms with Gasteiger partial charge in [0.05, 0.1) is 33.2 Å². The first-order chi connectivity index (χ1) is 14.2. The number of hydrogen-bond donors (Lipinski definition) is 1. The zero-order valence-corrected chi connectivity index (χ0v) is 16.5. The minimum absolute atomic E-state index is 0.196. The SMILES string of the molecule is O=c1nc2n(c3cccc(Cl)c13)-c1cc(-c3cn[nH]c3)ccc1C21CCCCC1. The Bertz CT molecular complexity index is 1320. The van der Waals surface area contributed by atoms with Gasteiger partial charge in [-0.1, -0.05) is 49.1 Å². The highest BCUT2D eigenvalue weighted by Crippen LogP contribution is 2.52. The molecule has 4 aromatic rings. The van der Waals surface area contributed by atoms with Gasteiger partial charge in [-0.2, -0.15) is 10.1 Å². The van der Waals surface area contributed by atoms with Crippen LogP contribution < -0.4 is 5.56 Å². The van der Waals surface area contributed by atoms with Gasteiger partial charge >= 0.3 is 0 Å². The Balaban J connectivity index is 1.74. The fraction of sp³-hybridized carbons (Fsp3) is 0.261. The van der Waals surface area contributed by atoms with Crippen LogP contribution in [0.3, 0.4) is 0 Å². The largest absolute Gasteiger partial charge is 0.296 e. The van der Waals surface area contributed by atoms with E-state index in [0.717, 1.165) is 53.8 Å². The maximum absolute atomic E-state index is 13.0. The average molecular weight is 403 g/mol. The van der Waals surface area contributed by atoms with Gasteiger partial charge in [-0.3, -0.25) is 14.5 Å². The molecule has 0 amide bonds. The number of benzene rings is 2. The van der Waals surface area contributed by atoms with Crippen molar-refractivity contribution < 1.29 is 0 Å². The van der Waals surface area contributed by atoms with Gasteiger partial charge in [0.1, 0.15) is 5.82 Å². The fourth-order valence-corrected chi connectivity index (χ4v) is 5.52. The number of halogens is 1. The van der Waals surface area contributed by atoms with E-state index < -0.39 is 0 Å². The van der Waals surface area contributed by atoms with Crippen LogP contribution in [-0.2, 0) is 5.41 Å². The topological polar surface area (TPSA) is 63.6 Å². The first-order valence-electron chi connectivity index (χ1n) is 10.0. The van der Waals surface area contributed by atoms with E-state index in [-0.39, 0.29) is 11.0 Å². The molecule has 0 atom stereocenters. The van der Waals surface area contributed by atoms with E-state index in [1.807, 2.05) is 24.5 Å². The Morgan fingerprint density at radius 1 is 1.07 bits per heavy atom. The molecule has 6 heteroatoms. The minimum atomic E-state index is -0.232. The Hall–Kier alpha value is -2.92. The maximum Gasteiger partial charge on any atom is 0.282 e. The molecule has 5 nitrogen and oxygen atoms in total. The molecular weight excluding hydrogens is 384 g/mol. The molecule has 1 saturated carbocycles. The molecule has 6 rings (SSSR count). The molecule has 1 fully saturated rings. The maximum atomic E-state index is 13.0. The standard InChI is InChI=1S/C23H19ClN4O/c24-17-5-4-6-18-20(17)21(29)27-22-23(9-2-1-3-10-23)16-8-7-14(11-19(16)28(18)22)15-12-25-26-13-15/h4-8,11-13H,1-3,9-10H2,(H,25,26). The number of nitrogens with one attached hydrogen (secondary N) is 1. The molecule has 2 aliphatic rings. The van der Waals surface area contributed by atoms with E-state index >= 15 is 0 Å². The molecule has 1 aliphatic carbocycles. The normalized spacial score (nSPS) is 16.9. The van der Waals surface area contributed by atoms with E-state index in [1.54, 1.807) is 6.07 Å². The van der Waals surface area contributed by atoms with Crippen LogP contribution in [0.4, 0.5) is 0 Å². The first kappa shape index (κ1) is 17.0. The lowest BCUT2D eigenvalue weighted by Crippen LogP contribution is -2.32. The summed E-state index contributed by atoms with van der Waals surface area (Å²) in [5, 5.41) is 7.92. The van der Waals surface area contributed by atoms with Crippen molar-refractivity contribution in [3.63, 3.8) is 0 Å². The highest BCUT2D eigenvalue weighted by atomic mass is 35.5. The zero-order chi connectivity index (χ0) is 19.6. The molecule has 1 aliphatic heterocycles. The van der Waals surface area contributed by atoms with Crippen molar-refractivity contribution in [2.24, 2.45) is 0 Å². The number of rotatable bonds is 1. The highest BCUT2D eigenvalue weighted by Gasteiger charge is 2.46. The molecule has 1 spiro atoms. The van der Waals surface area contributed by atoms with Gasteiger partial charge in [-0.05, 0) is 42.2 Å². The number of fused-ring (bicyclic) bond motifs is 7. The van der Waals surface area contributed by atoms with Crippen molar-refractivity contribution >= 4 is 22.5 Å². The molecule has 29 heavy (non-hydrogen) atoms. The lowest BCUT2D eigenvalue weighted by atomic mass is 9.69. The predicted molar refractivity (Wildman–Crippen MR) is 114 cm³/mol. The van der Waals surface area contributed by atoms with Crippen LogP contribution in [0, 0.1) is 0 Å². The summed E-state index contributed by atoms with van der Waals surface area (Å²) in [6.45, 7) is 0. The third kappa shape index (κ3) is 2.25. The summed E-state index contributed by atoms with van der Waals surface area (Å²) < 4.78 is 2.17. The van der Waals surface area contributed by atoms with Crippen molar-refractivity contribution in [2.75, 3.05) is 0 Å². The summed E-state index contributed by atoms with van der Waals surface area (Å²) in [5.41, 5.74) is 4.90. The van der Waals surface area contributed by atoms with Gasteiger partial charge in [-0.25, -0.2) is 0 Å². The summed E-state index contributed by atoms with van der Waals surface area (Å²) in [4.78, 5) is 17.6. The van der Waals surface area contributed by atoms with Crippen LogP contribution >= 0.6 is 11.6 Å². The van der Waals surface area contributed by atoms with E-state index in [1.165, 1.54) is 12.0 Å². The number of aromatic amines is 1. The van der Waals surface area contributed by atoms with E-state index in [4.69, 9.17) is 11.6 Å². The molecule has 0 unspecified atom stereocenters. The summed E-state index contributed by atoms with van der Waals surface area (Å²) >= 11 is 6.42. The predicted octanol–water partition coefficient (Wildman–Crippen LogP) is 4.99. The second-order valence-corrected chi connectivity index (χ2v) is 8.48. The Kier molecular flexibility index (Phi) is 3.54. The molecule has 0 bridgehead atoms. The summed E-state index contributed by atoms with van der Waals surface area (Å²) in [5.74, 6) is 0.872.